The summed E-state index contributed by atoms with van der Waals surface area (Å²) in [5.41, 5.74) is 2.76. The van der Waals surface area contributed by atoms with Crippen LogP contribution in [0, 0.1) is 6.92 Å². The lowest BCUT2D eigenvalue weighted by Crippen LogP contribution is -2.27. The predicted octanol–water partition coefficient (Wildman–Crippen LogP) is 4.29. The van der Waals surface area contributed by atoms with Gasteiger partial charge in [-0.05, 0) is 49.2 Å². The lowest BCUT2D eigenvalue weighted by Gasteiger charge is -2.15. The molecule has 0 bridgehead atoms. The Bertz CT molecular complexity index is 1080. The van der Waals surface area contributed by atoms with E-state index in [4.69, 9.17) is 0 Å². The average molecular weight is 394 g/mol. The molecule has 1 unspecified atom stereocenters. The van der Waals surface area contributed by atoms with Crippen molar-refractivity contribution < 1.29 is 13.2 Å². The lowest BCUT2D eigenvalue weighted by molar-refractivity contribution is 0.102. The summed E-state index contributed by atoms with van der Waals surface area (Å²) in [5, 5.41) is 2.82. The molecule has 0 aliphatic heterocycles. The Hall–Kier alpha value is -2.96. The first kappa shape index (κ1) is 19.8. The van der Waals surface area contributed by atoms with Crippen molar-refractivity contribution in [3.8, 4) is 0 Å². The van der Waals surface area contributed by atoms with E-state index in [0.717, 1.165) is 11.1 Å². The van der Waals surface area contributed by atoms with Crippen LogP contribution in [0.5, 0.6) is 0 Å². The second-order valence-electron chi connectivity index (χ2n) is 6.55. The van der Waals surface area contributed by atoms with Gasteiger partial charge in [-0.15, -0.1) is 0 Å². The van der Waals surface area contributed by atoms with Gasteiger partial charge < -0.3 is 5.32 Å². The molecule has 2 N–H and O–H groups in total. The Balaban J connectivity index is 1.80. The number of benzene rings is 3. The number of aryl methyl sites for hydroxylation is 1. The molecule has 3 aromatic rings. The summed E-state index contributed by atoms with van der Waals surface area (Å²) < 4.78 is 28.2. The molecule has 0 spiro atoms. The quantitative estimate of drug-likeness (QED) is 0.655. The van der Waals surface area contributed by atoms with Gasteiger partial charge >= 0.3 is 0 Å². The minimum atomic E-state index is -3.77. The van der Waals surface area contributed by atoms with Crippen LogP contribution in [-0.2, 0) is 10.0 Å². The highest BCUT2D eigenvalue weighted by atomic mass is 32.2. The fourth-order valence-electron chi connectivity index (χ4n) is 2.82. The normalized spacial score (nSPS) is 12.4. The number of anilines is 1. The lowest BCUT2D eigenvalue weighted by atomic mass is 10.1. The van der Waals surface area contributed by atoms with Crippen molar-refractivity contribution in [2.24, 2.45) is 0 Å². The van der Waals surface area contributed by atoms with Crippen molar-refractivity contribution >= 4 is 21.6 Å². The Labute approximate surface area is 165 Å². The van der Waals surface area contributed by atoms with Gasteiger partial charge in [-0.2, -0.15) is 0 Å². The molecule has 3 aromatic carbocycles. The van der Waals surface area contributed by atoms with Crippen LogP contribution in [0.2, 0.25) is 0 Å². The molecule has 0 fully saturated rings. The first-order chi connectivity index (χ1) is 13.4. The van der Waals surface area contributed by atoms with Crippen molar-refractivity contribution in [3.63, 3.8) is 0 Å². The van der Waals surface area contributed by atoms with Crippen LogP contribution < -0.4 is 10.0 Å². The molecule has 0 saturated heterocycles. The molecular formula is C22H22N2O3S. The molecule has 28 heavy (non-hydrogen) atoms. The first-order valence-corrected chi connectivity index (χ1v) is 10.4. The zero-order valence-corrected chi connectivity index (χ0v) is 16.5. The summed E-state index contributed by atoms with van der Waals surface area (Å²) >= 11 is 0. The molecule has 3 rings (SSSR count). The first-order valence-electron chi connectivity index (χ1n) is 8.91. The summed E-state index contributed by atoms with van der Waals surface area (Å²) in [7, 11) is -3.77. The number of carbonyl (C=O) groups is 1. The molecule has 0 radical (unpaired) electrons. The highest BCUT2D eigenvalue weighted by Crippen LogP contribution is 2.19. The molecule has 0 heterocycles. The number of rotatable bonds is 6. The predicted molar refractivity (Wildman–Crippen MR) is 111 cm³/mol. The highest BCUT2D eigenvalue weighted by molar-refractivity contribution is 7.89. The van der Waals surface area contributed by atoms with E-state index in [1.165, 1.54) is 12.1 Å². The smallest absolute Gasteiger partial charge is 0.255 e. The van der Waals surface area contributed by atoms with Crippen molar-refractivity contribution in [2.75, 3.05) is 5.32 Å². The van der Waals surface area contributed by atoms with Crippen LogP contribution in [0.15, 0.2) is 83.8 Å². The molecule has 0 saturated carbocycles. The maximum absolute atomic E-state index is 12.8. The summed E-state index contributed by atoms with van der Waals surface area (Å²) in [6.45, 7) is 3.67. The minimum Gasteiger partial charge on any atom is -0.322 e. The van der Waals surface area contributed by atoms with Crippen LogP contribution in [0.25, 0.3) is 0 Å². The van der Waals surface area contributed by atoms with E-state index >= 15 is 0 Å². The van der Waals surface area contributed by atoms with Crippen LogP contribution >= 0.6 is 0 Å². The average Bonchev–Trinajstić information content (AvgIpc) is 2.70. The van der Waals surface area contributed by atoms with Gasteiger partial charge in [0.2, 0.25) is 10.0 Å². The number of amides is 1. The van der Waals surface area contributed by atoms with Crippen LogP contribution in [-0.4, -0.2) is 14.3 Å². The largest absolute Gasteiger partial charge is 0.322 e. The standard InChI is InChI=1S/C22H22N2O3S/c1-16-9-6-7-14-21(16)23-22(25)19-12-8-13-20(15-19)28(26,27)24-17(2)18-10-4-3-5-11-18/h3-15,17,24H,1-2H3,(H,23,25). The van der Waals surface area contributed by atoms with Gasteiger partial charge in [0.1, 0.15) is 0 Å². The van der Waals surface area contributed by atoms with Gasteiger partial charge in [-0.1, -0.05) is 54.6 Å². The van der Waals surface area contributed by atoms with E-state index in [1.54, 1.807) is 25.1 Å². The molecule has 0 aliphatic rings. The zero-order chi connectivity index (χ0) is 20.1. The van der Waals surface area contributed by atoms with Gasteiger partial charge in [0.25, 0.3) is 5.91 Å². The van der Waals surface area contributed by atoms with Gasteiger partial charge in [-0.3, -0.25) is 4.79 Å². The summed E-state index contributed by atoms with van der Waals surface area (Å²) in [5.74, 6) is -0.359. The summed E-state index contributed by atoms with van der Waals surface area (Å²) in [6.07, 6.45) is 0. The highest BCUT2D eigenvalue weighted by Gasteiger charge is 2.20. The number of carbonyl (C=O) groups excluding carboxylic acids is 1. The second kappa shape index (κ2) is 8.37. The number of nitrogens with one attached hydrogen (secondary N) is 2. The van der Waals surface area contributed by atoms with Gasteiger partial charge in [0, 0.05) is 17.3 Å². The van der Waals surface area contributed by atoms with E-state index in [1.807, 2.05) is 55.5 Å². The Kier molecular flexibility index (Phi) is 5.92. The second-order valence-corrected chi connectivity index (χ2v) is 8.26. The number of para-hydroxylation sites is 1. The molecule has 144 valence electrons. The van der Waals surface area contributed by atoms with Crippen LogP contribution in [0.3, 0.4) is 0 Å². The summed E-state index contributed by atoms with van der Waals surface area (Å²) in [4.78, 5) is 12.6. The molecule has 0 aromatic heterocycles. The minimum absolute atomic E-state index is 0.0488. The van der Waals surface area contributed by atoms with Crippen molar-refractivity contribution in [1.82, 2.24) is 4.72 Å². The molecule has 0 aliphatic carbocycles. The number of hydrogen-bond acceptors (Lipinski definition) is 3. The van der Waals surface area contributed by atoms with E-state index in [0.29, 0.717) is 5.69 Å². The third kappa shape index (κ3) is 4.65. The topological polar surface area (TPSA) is 75.3 Å². The Morgan fingerprint density at radius 2 is 1.57 bits per heavy atom. The van der Waals surface area contributed by atoms with Crippen molar-refractivity contribution in [3.05, 3.63) is 95.6 Å². The van der Waals surface area contributed by atoms with Crippen LogP contribution in [0.1, 0.15) is 34.5 Å². The Morgan fingerprint density at radius 3 is 2.29 bits per heavy atom. The third-order valence-corrected chi connectivity index (χ3v) is 5.97. The molecule has 6 heteroatoms. The van der Waals surface area contributed by atoms with Crippen molar-refractivity contribution in [1.29, 1.82) is 0 Å². The van der Waals surface area contributed by atoms with E-state index < -0.39 is 16.1 Å². The molecule has 1 atom stereocenters. The maximum atomic E-state index is 12.8. The third-order valence-electron chi connectivity index (χ3n) is 4.43. The van der Waals surface area contributed by atoms with E-state index in [9.17, 15) is 13.2 Å². The maximum Gasteiger partial charge on any atom is 0.255 e. The van der Waals surface area contributed by atoms with Crippen molar-refractivity contribution in [2.45, 2.75) is 24.8 Å². The van der Waals surface area contributed by atoms with E-state index in [2.05, 4.69) is 10.0 Å². The molecular weight excluding hydrogens is 372 g/mol. The van der Waals surface area contributed by atoms with Crippen LogP contribution in [0.4, 0.5) is 5.69 Å². The van der Waals surface area contributed by atoms with Gasteiger partial charge in [-0.25, -0.2) is 13.1 Å². The SMILES string of the molecule is Cc1ccccc1NC(=O)c1cccc(S(=O)(=O)NC(C)c2ccccc2)c1. The molecule has 1 amide bonds. The fourth-order valence-corrected chi connectivity index (χ4v) is 4.10. The number of hydrogen-bond donors (Lipinski definition) is 2. The zero-order valence-electron chi connectivity index (χ0n) is 15.7. The number of sulfonamides is 1. The fraction of sp³-hybridized carbons (Fsp3) is 0.136. The van der Waals surface area contributed by atoms with Gasteiger partial charge in [0.05, 0.1) is 4.90 Å². The van der Waals surface area contributed by atoms with Gasteiger partial charge in [0.15, 0.2) is 0 Å². The monoisotopic (exact) mass is 394 g/mol. The molecule has 5 nitrogen and oxygen atoms in total. The van der Waals surface area contributed by atoms with E-state index in [-0.39, 0.29) is 16.4 Å². The summed E-state index contributed by atoms with van der Waals surface area (Å²) in [6, 6.07) is 22.3. The Morgan fingerprint density at radius 1 is 0.893 bits per heavy atom.